The molecule has 3 rings (SSSR count). The molecule has 0 aliphatic heterocycles. The maximum atomic E-state index is 13.7. The molecule has 2 N–H and O–H groups in total. The van der Waals surface area contributed by atoms with Crippen molar-refractivity contribution < 1.29 is 27.8 Å². The molecule has 166 valence electrons. The Balaban J connectivity index is 1.93. The number of H-pyrrole nitrogens is 1. The van der Waals surface area contributed by atoms with Crippen LogP contribution in [0.1, 0.15) is 54.9 Å². The van der Waals surface area contributed by atoms with E-state index in [1.165, 1.54) is 19.4 Å². The van der Waals surface area contributed by atoms with Gasteiger partial charge < -0.3 is 14.8 Å². The van der Waals surface area contributed by atoms with Crippen LogP contribution in [0.4, 0.5) is 13.2 Å². The number of aromatic amines is 1. The largest absolute Gasteiger partial charge is 0.481 e. The molecule has 1 heterocycles. The number of carboxylic acids is 1. The van der Waals surface area contributed by atoms with E-state index in [2.05, 4.69) is 11.9 Å². The molecular weight excluding hydrogens is 407 g/mol. The summed E-state index contributed by atoms with van der Waals surface area (Å²) >= 11 is 0. The van der Waals surface area contributed by atoms with Crippen molar-refractivity contribution in [2.75, 3.05) is 0 Å². The fourth-order valence-corrected chi connectivity index (χ4v) is 3.76. The van der Waals surface area contributed by atoms with E-state index in [0.29, 0.717) is 5.75 Å². The molecule has 0 unspecified atom stereocenters. The van der Waals surface area contributed by atoms with Crippen molar-refractivity contribution in [1.82, 2.24) is 4.98 Å². The maximum Gasteiger partial charge on any atom is 0.420 e. The highest BCUT2D eigenvalue weighted by Gasteiger charge is 2.36. The van der Waals surface area contributed by atoms with E-state index in [-0.39, 0.29) is 16.9 Å². The number of aromatic nitrogens is 1. The first-order chi connectivity index (χ1) is 14.7. The Morgan fingerprint density at radius 2 is 1.90 bits per heavy atom. The third-order valence-electron chi connectivity index (χ3n) is 5.25. The summed E-state index contributed by atoms with van der Waals surface area (Å²) in [5, 5.41) is 9.87. The van der Waals surface area contributed by atoms with Gasteiger partial charge in [-0.2, -0.15) is 13.2 Å². The average molecular weight is 433 g/mol. The number of unbranched alkanes of at least 4 members (excludes halogenated alkanes) is 3. The summed E-state index contributed by atoms with van der Waals surface area (Å²) in [4.78, 5) is 14.1. The number of ether oxygens (including phenoxy) is 1. The summed E-state index contributed by atoms with van der Waals surface area (Å²) in [6.45, 7) is 3.64. The summed E-state index contributed by atoms with van der Waals surface area (Å²) in [7, 11) is 0. The van der Waals surface area contributed by atoms with Crippen LogP contribution in [0.3, 0.4) is 0 Å². The lowest BCUT2D eigenvalue weighted by Crippen LogP contribution is -2.11. The van der Waals surface area contributed by atoms with Gasteiger partial charge in [-0.25, -0.2) is 0 Å². The molecule has 2 aromatic carbocycles. The van der Waals surface area contributed by atoms with Crippen LogP contribution in [0.5, 0.6) is 11.5 Å². The quantitative estimate of drug-likeness (QED) is 0.356. The summed E-state index contributed by atoms with van der Waals surface area (Å²) in [5.41, 5.74) is 1.36. The Labute approximate surface area is 179 Å². The van der Waals surface area contributed by atoms with Crippen LogP contribution in [0.2, 0.25) is 0 Å². The summed E-state index contributed by atoms with van der Waals surface area (Å²) in [6, 6.07) is 7.45. The number of alkyl halides is 3. The van der Waals surface area contributed by atoms with Crippen molar-refractivity contribution in [3.05, 3.63) is 58.8 Å². The molecule has 0 bridgehead atoms. The highest BCUT2D eigenvalue weighted by atomic mass is 19.4. The summed E-state index contributed by atoms with van der Waals surface area (Å²) < 4.78 is 46.8. The molecule has 4 nitrogen and oxygen atoms in total. The Morgan fingerprint density at radius 3 is 2.58 bits per heavy atom. The van der Waals surface area contributed by atoms with Crippen molar-refractivity contribution >= 4 is 16.9 Å². The number of hydrogen-bond acceptors (Lipinski definition) is 2. The molecule has 7 heteroatoms. The lowest BCUT2D eigenvalue weighted by atomic mass is 10.0. The van der Waals surface area contributed by atoms with E-state index in [4.69, 9.17) is 9.84 Å². The van der Waals surface area contributed by atoms with Gasteiger partial charge in [-0.15, -0.1) is 0 Å². The molecule has 0 atom stereocenters. The third kappa shape index (κ3) is 5.60. The van der Waals surface area contributed by atoms with Crippen molar-refractivity contribution in [2.24, 2.45) is 0 Å². The van der Waals surface area contributed by atoms with Crippen LogP contribution in [-0.2, 0) is 23.8 Å². The van der Waals surface area contributed by atoms with Crippen LogP contribution in [0.15, 0.2) is 36.5 Å². The van der Waals surface area contributed by atoms with Crippen molar-refractivity contribution in [3.63, 3.8) is 0 Å². The first-order valence-electron chi connectivity index (χ1n) is 10.4. The monoisotopic (exact) mass is 433 g/mol. The summed E-state index contributed by atoms with van der Waals surface area (Å²) in [6.07, 6.45) is 2.18. The molecule has 0 spiro atoms. The average Bonchev–Trinajstić information content (AvgIpc) is 3.08. The zero-order valence-corrected chi connectivity index (χ0v) is 17.6. The van der Waals surface area contributed by atoms with Gasteiger partial charge in [-0.05, 0) is 60.7 Å². The number of fused-ring (bicyclic) bond motifs is 1. The van der Waals surface area contributed by atoms with Gasteiger partial charge in [0.15, 0.2) is 0 Å². The standard InChI is InChI=1S/C24H26F3NO3/c1-3-4-5-6-7-17-14-28-21-9-8-18(13-19(17)21)31-23-15(2)10-16(12-22(29)30)11-20(23)24(25,26)27/h8-11,13-14,28H,3-7,12H2,1-2H3,(H,29,30). The first kappa shape index (κ1) is 22.7. The fraction of sp³-hybridized carbons (Fsp3) is 0.375. The number of carboxylic acid groups (broad SMARTS) is 1. The number of rotatable bonds is 9. The SMILES string of the molecule is CCCCCCc1c[nH]c2ccc(Oc3c(C)cc(CC(=O)O)cc3C(F)(F)F)cc12. The van der Waals surface area contributed by atoms with E-state index in [9.17, 15) is 18.0 Å². The molecule has 0 saturated heterocycles. The molecule has 0 fully saturated rings. The number of hydrogen-bond donors (Lipinski definition) is 2. The molecule has 0 saturated carbocycles. The van der Waals surface area contributed by atoms with Gasteiger partial charge in [0.25, 0.3) is 0 Å². The zero-order valence-electron chi connectivity index (χ0n) is 17.6. The maximum absolute atomic E-state index is 13.7. The third-order valence-corrected chi connectivity index (χ3v) is 5.25. The Hall–Kier alpha value is -2.96. The van der Waals surface area contributed by atoms with E-state index in [0.717, 1.165) is 48.2 Å². The van der Waals surface area contributed by atoms with E-state index in [1.807, 2.05) is 6.20 Å². The number of aliphatic carboxylic acids is 1. The van der Waals surface area contributed by atoms with Crippen molar-refractivity contribution in [2.45, 2.75) is 58.5 Å². The molecule has 0 radical (unpaired) electrons. The minimum Gasteiger partial charge on any atom is -0.481 e. The zero-order chi connectivity index (χ0) is 22.6. The van der Waals surface area contributed by atoms with Crippen LogP contribution >= 0.6 is 0 Å². The van der Waals surface area contributed by atoms with Crippen LogP contribution in [0.25, 0.3) is 10.9 Å². The predicted octanol–water partition coefficient (Wildman–Crippen LogP) is 7.04. The van der Waals surface area contributed by atoms with E-state index < -0.39 is 24.1 Å². The second-order valence-corrected chi connectivity index (χ2v) is 7.79. The number of aryl methyl sites for hydroxylation is 2. The lowest BCUT2D eigenvalue weighted by molar-refractivity contribution is -0.139. The fourth-order valence-electron chi connectivity index (χ4n) is 3.76. The first-order valence-corrected chi connectivity index (χ1v) is 10.4. The molecule has 31 heavy (non-hydrogen) atoms. The Kier molecular flexibility index (Phi) is 6.93. The molecule has 0 amide bonds. The van der Waals surface area contributed by atoms with Crippen LogP contribution < -0.4 is 4.74 Å². The highest BCUT2D eigenvalue weighted by molar-refractivity contribution is 5.84. The molecule has 3 aromatic rings. The predicted molar refractivity (Wildman–Crippen MR) is 114 cm³/mol. The van der Waals surface area contributed by atoms with E-state index >= 15 is 0 Å². The van der Waals surface area contributed by atoms with Crippen LogP contribution in [0, 0.1) is 6.92 Å². The van der Waals surface area contributed by atoms with Gasteiger partial charge in [0.05, 0.1) is 12.0 Å². The number of benzene rings is 2. The van der Waals surface area contributed by atoms with E-state index in [1.54, 1.807) is 18.2 Å². The lowest BCUT2D eigenvalue weighted by Gasteiger charge is -2.18. The highest BCUT2D eigenvalue weighted by Crippen LogP contribution is 2.41. The smallest absolute Gasteiger partial charge is 0.420 e. The van der Waals surface area contributed by atoms with Gasteiger partial charge in [0.2, 0.25) is 0 Å². The minimum absolute atomic E-state index is 0.0835. The molecule has 0 aliphatic rings. The number of nitrogens with one attached hydrogen (secondary N) is 1. The number of halogens is 3. The van der Waals surface area contributed by atoms with Crippen molar-refractivity contribution in [3.8, 4) is 11.5 Å². The van der Waals surface area contributed by atoms with Gasteiger partial charge >= 0.3 is 12.1 Å². The molecule has 1 aromatic heterocycles. The Bertz CT molecular complexity index is 1070. The normalized spacial score (nSPS) is 11.8. The minimum atomic E-state index is -4.67. The molecular formula is C24H26F3NO3. The van der Waals surface area contributed by atoms with Gasteiger partial charge in [-0.1, -0.05) is 32.3 Å². The second kappa shape index (κ2) is 9.45. The molecule has 0 aliphatic carbocycles. The van der Waals surface area contributed by atoms with Gasteiger partial charge in [-0.3, -0.25) is 4.79 Å². The van der Waals surface area contributed by atoms with Crippen molar-refractivity contribution in [1.29, 1.82) is 0 Å². The van der Waals surface area contributed by atoms with Gasteiger partial charge in [0, 0.05) is 17.1 Å². The van der Waals surface area contributed by atoms with Crippen LogP contribution in [-0.4, -0.2) is 16.1 Å². The van der Waals surface area contributed by atoms with Gasteiger partial charge in [0.1, 0.15) is 11.5 Å². The topological polar surface area (TPSA) is 62.3 Å². The Morgan fingerprint density at radius 1 is 1.13 bits per heavy atom. The number of carbonyl (C=O) groups is 1. The summed E-state index contributed by atoms with van der Waals surface area (Å²) in [5.74, 6) is -1.19. The second-order valence-electron chi connectivity index (χ2n) is 7.79.